The van der Waals surface area contributed by atoms with Gasteiger partial charge < -0.3 is 11.1 Å². The Labute approximate surface area is 230 Å². The summed E-state index contributed by atoms with van der Waals surface area (Å²) in [5.41, 5.74) is 6.79. The number of nitrogens with one attached hydrogen (secondary N) is 2. The summed E-state index contributed by atoms with van der Waals surface area (Å²) in [4.78, 5) is 25.2. The van der Waals surface area contributed by atoms with Crippen molar-refractivity contribution in [1.29, 1.82) is 0 Å². The first-order valence-electron chi connectivity index (χ1n) is 11.6. The molecule has 3 aromatic carbocycles. The Morgan fingerprint density at radius 1 is 0.974 bits per heavy atom. The number of benzene rings is 3. The molecule has 0 aliphatic carbocycles. The van der Waals surface area contributed by atoms with Crippen molar-refractivity contribution in [2.45, 2.75) is 6.04 Å². The molecule has 4 N–H and O–H groups in total. The van der Waals surface area contributed by atoms with Crippen LogP contribution >= 0.6 is 23.2 Å². The Hall–Kier alpha value is -3.18. The van der Waals surface area contributed by atoms with Gasteiger partial charge in [0.15, 0.2) is 0 Å². The van der Waals surface area contributed by atoms with E-state index in [1.165, 1.54) is 6.07 Å². The Morgan fingerprint density at radius 3 is 2.05 bits per heavy atom. The zero-order chi connectivity index (χ0) is 27.4. The van der Waals surface area contributed by atoms with Gasteiger partial charge in [-0.2, -0.15) is 0 Å². The van der Waals surface area contributed by atoms with E-state index in [0.29, 0.717) is 23.1 Å². The molecule has 1 heterocycles. The fourth-order valence-electron chi connectivity index (χ4n) is 4.41. The van der Waals surface area contributed by atoms with Crippen molar-refractivity contribution in [3.8, 4) is 0 Å². The molecule has 0 saturated carbocycles. The lowest BCUT2D eigenvalue weighted by Gasteiger charge is -2.44. The number of carbonyl (C=O) groups is 2. The molecule has 38 heavy (non-hydrogen) atoms. The average Bonchev–Trinajstić information content (AvgIpc) is 2.82. The van der Waals surface area contributed by atoms with Gasteiger partial charge in [-0.1, -0.05) is 47.5 Å². The van der Waals surface area contributed by atoms with Crippen LogP contribution in [0.15, 0.2) is 66.7 Å². The van der Waals surface area contributed by atoms with Crippen LogP contribution in [0, 0.1) is 11.7 Å². The van der Waals surface area contributed by atoms with Crippen LogP contribution in [0.5, 0.6) is 0 Å². The van der Waals surface area contributed by atoms with Crippen molar-refractivity contribution < 1.29 is 22.4 Å². The van der Waals surface area contributed by atoms with E-state index < -0.39 is 34.2 Å². The number of hydrogen-bond acceptors (Lipinski definition) is 5. The number of halogens is 3. The van der Waals surface area contributed by atoms with Crippen LogP contribution in [0.25, 0.3) is 0 Å². The third-order valence-corrected chi connectivity index (χ3v) is 7.99. The Kier molecular flexibility index (Phi) is 8.57. The number of amides is 2. The summed E-state index contributed by atoms with van der Waals surface area (Å²) in [6, 6.07) is 18.0. The van der Waals surface area contributed by atoms with E-state index in [1.807, 2.05) is 48.5 Å². The largest absolute Gasteiger partial charge is 0.368 e. The topological polar surface area (TPSA) is 122 Å². The lowest BCUT2D eigenvalue weighted by Crippen LogP contribution is -2.51. The number of nitrogens with two attached hydrogens (primary N) is 1. The zero-order valence-corrected chi connectivity index (χ0v) is 22.4. The monoisotopic (exact) mass is 578 g/mol. The van der Waals surface area contributed by atoms with E-state index in [9.17, 15) is 22.4 Å². The standard InChI is InChI=1S/C26H25Cl2FN4O4S/c27-20-5-1-17(2-6-20)25(18-3-7-21(28)8-4-18)33-13-16(14-33)15-38(36,37)32-23-10-19(9-22(29)11-23)26(35)31-12-24(30)34/h1-11,16,25,32H,12-15H2,(H2,30,34)(H,31,35). The predicted molar refractivity (Wildman–Crippen MR) is 145 cm³/mol. The van der Waals surface area contributed by atoms with Gasteiger partial charge in [0.25, 0.3) is 5.91 Å². The number of likely N-dealkylation sites (tertiary alicyclic amines) is 1. The lowest BCUT2D eigenvalue weighted by atomic mass is 9.91. The highest BCUT2D eigenvalue weighted by atomic mass is 35.5. The summed E-state index contributed by atoms with van der Waals surface area (Å²) >= 11 is 12.1. The molecular formula is C26H25Cl2FN4O4S. The smallest absolute Gasteiger partial charge is 0.251 e. The van der Waals surface area contributed by atoms with E-state index in [2.05, 4.69) is 14.9 Å². The molecular weight excluding hydrogens is 554 g/mol. The van der Waals surface area contributed by atoms with E-state index in [0.717, 1.165) is 23.3 Å². The van der Waals surface area contributed by atoms with Gasteiger partial charge in [0.1, 0.15) is 5.82 Å². The Bertz CT molecular complexity index is 1390. The van der Waals surface area contributed by atoms with E-state index >= 15 is 0 Å². The van der Waals surface area contributed by atoms with Crippen molar-refractivity contribution in [2.75, 3.05) is 30.1 Å². The summed E-state index contributed by atoms with van der Waals surface area (Å²) in [6.07, 6.45) is 0. The molecule has 0 atom stereocenters. The quantitative estimate of drug-likeness (QED) is 0.337. The zero-order valence-electron chi connectivity index (χ0n) is 20.0. The third-order valence-electron chi connectivity index (χ3n) is 6.03. The molecule has 0 unspecified atom stereocenters. The second kappa shape index (κ2) is 11.7. The van der Waals surface area contributed by atoms with Crippen molar-refractivity contribution >= 4 is 50.7 Å². The molecule has 1 aliphatic heterocycles. The molecule has 1 fully saturated rings. The molecule has 4 rings (SSSR count). The highest BCUT2D eigenvalue weighted by Gasteiger charge is 2.36. The minimum absolute atomic E-state index is 0.0920. The Morgan fingerprint density at radius 2 is 1.53 bits per heavy atom. The number of sulfonamides is 1. The number of primary amides is 1. The van der Waals surface area contributed by atoms with E-state index in [4.69, 9.17) is 28.9 Å². The van der Waals surface area contributed by atoms with Gasteiger partial charge in [0.05, 0.1) is 24.0 Å². The predicted octanol–water partition coefficient (Wildman–Crippen LogP) is 3.81. The summed E-state index contributed by atoms with van der Waals surface area (Å²) in [6.45, 7) is 0.600. The minimum Gasteiger partial charge on any atom is -0.368 e. The summed E-state index contributed by atoms with van der Waals surface area (Å²) in [7, 11) is -3.85. The van der Waals surface area contributed by atoms with Gasteiger partial charge in [-0.15, -0.1) is 0 Å². The SMILES string of the molecule is NC(=O)CNC(=O)c1cc(F)cc(NS(=O)(=O)CC2CN(C(c3ccc(Cl)cc3)c3ccc(Cl)cc3)C2)c1. The maximum atomic E-state index is 14.1. The minimum atomic E-state index is -3.85. The van der Waals surface area contributed by atoms with Gasteiger partial charge in [-0.25, -0.2) is 12.8 Å². The van der Waals surface area contributed by atoms with Gasteiger partial charge in [0, 0.05) is 34.6 Å². The summed E-state index contributed by atoms with van der Waals surface area (Å²) in [5.74, 6) is -2.68. The van der Waals surface area contributed by atoms with Crippen molar-refractivity contribution in [3.63, 3.8) is 0 Å². The molecule has 0 bridgehead atoms. The maximum absolute atomic E-state index is 14.1. The van der Waals surface area contributed by atoms with Crippen LogP contribution in [-0.2, 0) is 14.8 Å². The fourth-order valence-corrected chi connectivity index (χ4v) is 6.05. The molecule has 0 aromatic heterocycles. The lowest BCUT2D eigenvalue weighted by molar-refractivity contribution is -0.117. The summed E-state index contributed by atoms with van der Waals surface area (Å²) < 4.78 is 42.2. The normalized spacial score (nSPS) is 14.2. The van der Waals surface area contributed by atoms with Crippen molar-refractivity contribution in [3.05, 3.63) is 99.3 Å². The molecule has 2 amide bonds. The number of rotatable bonds is 10. The first kappa shape index (κ1) is 27.8. The van der Waals surface area contributed by atoms with Crippen LogP contribution in [-0.4, -0.2) is 50.5 Å². The molecule has 0 radical (unpaired) electrons. The molecule has 12 heteroatoms. The van der Waals surface area contributed by atoms with Gasteiger partial charge in [-0.3, -0.25) is 19.2 Å². The van der Waals surface area contributed by atoms with Gasteiger partial charge >= 0.3 is 0 Å². The molecule has 1 aliphatic rings. The van der Waals surface area contributed by atoms with Crippen molar-refractivity contribution in [2.24, 2.45) is 11.7 Å². The van der Waals surface area contributed by atoms with Gasteiger partial charge in [0.2, 0.25) is 15.9 Å². The number of hydrogen-bond donors (Lipinski definition) is 3. The Balaban J connectivity index is 1.43. The summed E-state index contributed by atoms with van der Waals surface area (Å²) in [5, 5.41) is 3.47. The first-order valence-corrected chi connectivity index (χ1v) is 14.0. The second-order valence-electron chi connectivity index (χ2n) is 9.09. The molecule has 0 spiro atoms. The number of carbonyl (C=O) groups excluding carboxylic acids is 2. The van der Waals surface area contributed by atoms with E-state index in [1.54, 1.807) is 0 Å². The van der Waals surface area contributed by atoms with E-state index in [-0.39, 0.29) is 29.0 Å². The number of anilines is 1. The maximum Gasteiger partial charge on any atom is 0.251 e. The molecule has 8 nitrogen and oxygen atoms in total. The molecule has 1 saturated heterocycles. The van der Waals surface area contributed by atoms with Crippen LogP contribution < -0.4 is 15.8 Å². The highest BCUT2D eigenvalue weighted by Crippen LogP contribution is 2.36. The first-order chi connectivity index (χ1) is 18.0. The highest BCUT2D eigenvalue weighted by molar-refractivity contribution is 7.92. The third kappa shape index (κ3) is 7.22. The van der Waals surface area contributed by atoms with Crippen LogP contribution in [0.3, 0.4) is 0 Å². The number of nitrogens with zero attached hydrogens (tertiary/aromatic N) is 1. The average molecular weight is 579 g/mol. The van der Waals surface area contributed by atoms with Crippen LogP contribution in [0.1, 0.15) is 27.5 Å². The van der Waals surface area contributed by atoms with Gasteiger partial charge in [-0.05, 0) is 53.6 Å². The van der Waals surface area contributed by atoms with Crippen LogP contribution in [0.2, 0.25) is 10.0 Å². The van der Waals surface area contributed by atoms with Crippen LogP contribution in [0.4, 0.5) is 10.1 Å². The molecule has 3 aromatic rings. The van der Waals surface area contributed by atoms with Crippen molar-refractivity contribution in [1.82, 2.24) is 10.2 Å². The fraction of sp³-hybridized carbons (Fsp3) is 0.231. The second-order valence-corrected chi connectivity index (χ2v) is 11.7. The molecule has 200 valence electrons.